The van der Waals surface area contributed by atoms with Crippen molar-refractivity contribution in [3.8, 4) is 23.0 Å². The van der Waals surface area contributed by atoms with Gasteiger partial charge in [-0.3, -0.25) is 14.9 Å². The van der Waals surface area contributed by atoms with Crippen LogP contribution in [0.5, 0.6) is 23.0 Å². The Balaban J connectivity index is 1.64. The zero-order valence-electron chi connectivity index (χ0n) is 13.2. The third kappa shape index (κ3) is 3.71. The van der Waals surface area contributed by atoms with Gasteiger partial charge in [0.1, 0.15) is 11.5 Å². The maximum absolute atomic E-state index is 12.1. The molecular weight excluding hydrogens is 332 g/mol. The van der Waals surface area contributed by atoms with Gasteiger partial charge in [-0.05, 0) is 18.2 Å². The number of amides is 1. The van der Waals surface area contributed by atoms with Gasteiger partial charge in [-0.15, -0.1) is 0 Å². The van der Waals surface area contributed by atoms with Crippen molar-refractivity contribution in [3.63, 3.8) is 0 Å². The van der Waals surface area contributed by atoms with Crippen molar-refractivity contribution in [1.29, 1.82) is 0 Å². The Bertz CT molecular complexity index is 822. The van der Waals surface area contributed by atoms with Crippen molar-refractivity contribution in [3.05, 3.63) is 46.5 Å². The molecule has 1 amide bonds. The van der Waals surface area contributed by atoms with Crippen molar-refractivity contribution in [2.45, 2.75) is 0 Å². The topological polar surface area (TPSA) is 109 Å². The highest BCUT2D eigenvalue weighted by Crippen LogP contribution is 2.35. The lowest BCUT2D eigenvalue weighted by atomic mass is 10.2. The van der Waals surface area contributed by atoms with Crippen LogP contribution < -0.4 is 24.3 Å². The van der Waals surface area contributed by atoms with Gasteiger partial charge in [-0.25, -0.2) is 0 Å². The lowest BCUT2D eigenvalue weighted by Gasteiger charge is -2.11. The minimum absolute atomic E-state index is 0.145. The number of rotatable bonds is 6. The molecule has 2 aromatic carbocycles. The number of ether oxygens (including phenoxy) is 4. The Labute approximate surface area is 142 Å². The summed E-state index contributed by atoms with van der Waals surface area (Å²) in [5, 5.41) is 13.4. The SMILES string of the molecule is COc1ccc([N+](=O)[O-])cc1NC(=O)COc1ccc2c(c1)OCO2. The fourth-order valence-electron chi connectivity index (χ4n) is 2.21. The standard InChI is InChI=1S/C16H14N2O7/c1-22-13-4-2-10(18(20)21)6-12(13)17-16(19)8-23-11-3-5-14-15(7-11)25-9-24-14/h2-7H,8-9H2,1H3,(H,17,19). The second kappa shape index (κ2) is 6.95. The van der Waals surface area contributed by atoms with Crippen molar-refractivity contribution >= 4 is 17.3 Å². The molecule has 0 unspecified atom stereocenters. The second-order valence-electron chi connectivity index (χ2n) is 4.99. The molecule has 9 nitrogen and oxygen atoms in total. The summed E-state index contributed by atoms with van der Waals surface area (Å²) in [7, 11) is 1.40. The largest absolute Gasteiger partial charge is 0.495 e. The van der Waals surface area contributed by atoms with E-state index in [4.69, 9.17) is 18.9 Å². The summed E-state index contributed by atoms with van der Waals surface area (Å²) in [6.07, 6.45) is 0. The number of benzene rings is 2. The molecule has 1 heterocycles. The van der Waals surface area contributed by atoms with Crippen molar-refractivity contribution < 1.29 is 28.7 Å². The molecule has 0 bridgehead atoms. The predicted molar refractivity (Wildman–Crippen MR) is 86.3 cm³/mol. The van der Waals surface area contributed by atoms with Crippen LogP contribution in [0.15, 0.2) is 36.4 Å². The van der Waals surface area contributed by atoms with Crippen LogP contribution in [0.2, 0.25) is 0 Å². The summed E-state index contributed by atoms with van der Waals surface area (Å²) in [5.74, 6) is 1.40. The molecule has 0 aliphatic carbocycles. The Kier molecular flexibility index (Phi) is 4.55. The molecule has 3 rings (SSSR count). The molecule has 1 aliphatic rings. The number of nitro benzene ring substituents is 1. The minimum Gasteiger partial charge on any atom is -0.495 e. The van der Waals surface area contributed by atoms with Gasteiger partial charge in [0, 0.05) is 18.2 Å². The van der Waals surface area contributed by atoms with Crippen LogP contribution in [0.25, 0.3) is 0 Å². The van der Waals surface area contributed by atoms with E-state index in [0.29, 0.717) is 23.0 Å². The molecule has 0 fully saturated rings. The van der Waals surface area contributed by atoms with Gasteiger partial charge in [0.05, 0.1) is 17.7 Å². The molecule has 0 saturated heterocycles. The van der Waals surface area contributed by atoms with E-state index in [1.807, 2.05) is 0 Å². The average molecular weight is 346 g/mol. The number of nitrogens with zero attached hydrogens (tertiary/aromatic N) is 1. The van der Waals surface area contributed by atoms with Crippen LogP contribution in [0.4, 0.5) is 11.4 Å². The van der Waals surface area contributed by atoms with Crippen LogP contribution in [0.3, 0.4) is 0 Å². The molecule has 0 atom stereocenters. The first-order valence-electron chi connectivity index (χ1n) is 7.21. The van der Waals surface area contributed by atoms with E-state index < -0.39 is 10.8 Å². The van der Waals surface area contributed by atoms with Crippen molar-refractivity contribution in [2.24, 2.45) is 0 Å². The fourth-order valence-corrected chi connectivity index (χ4v) is 2.21. The number of nitro groups is 1. The van der Waals surface area contributed by atoms with Gasteiger partial charge in [-0.2, -0.15) is 0 Å². The highest BCUT2D eigenvalue weighted by molar-refractivity contribution is 5.93. The highest BCUT2D eigenvalue weighted by Gasteiger charge is 2.16. The van der Waals surface area contributed by atoms with E-state index in [0.717, 1.165) is 0 Å². The minimum atomic E-state index is -0.557. The molecule has 0 saturated carbocycles. The van der Waals surface area contributed by atoms with Crippen LogP contribution in [0, 0.1) is 10.1 Å². The number of hydrogen-bond acceptors (Lipinski definition) is 7. The third-order valence-corrected chi connectivity index (χ3v) is 3.38. The van der Waals surface area contributed by atoms with Gasteiger partial charge in [0.15, 0.2) is 18.1 Å². The van der Waals surface area contributed by atoms with Gasteiger partial charge >= 0.3 is 0 Å². The maximum atomic E-state index is 12.1. The number of fused-ring (bicyclic) bond motifs is 1. The van der Waals surface area contributed by atoms with Gasteiger partial charge in [0.25, 0.3) is 11.6 Å². The monoisotopic (exact) mass is 346 g/mol. The van der Waals surface area contributed by atoms with Crippen molar-refractivity contribution in [1.82, 2.24) is 0 Å². The van der Waals surface area contributed by atoms with Gasteiger partial charge in [0.2, 0.25) is 6.79 Å². The van der Waals surface area contributed by atoms with Crippen molar-refractivity contribution in [2.75, 3.05) is 25.8 Å². The number of nitrogens with one attached hydrogen (secondary N) is 1. The number of carbonyl (C=O) groups excluding carboxylic acids is 1. The lowest BCUT2D eigenvalue weighted by molar-refractivity contribution is -0.384. The Hall–Kier alpha value is -3.49. The first-order chi connectivity index (χ1) is 12.1. The van der Waals surface area contributed by atoms with Crippen LogP contribution in [-0.4, -0.2) is 31.3 Å². The smallest absolute Gasteiger partial charge is 0.271 e. The van der Waals surface area contributed by atoms with E-state index in [1.165, 1.54) is 25.3 Å². The first-order valence-corrected chi connectivity index (χ1v) is 7.21. The average Bonchev–Trinajstić information content (AvgIpc) is 3.07. The van der Waals surface area contributed by atoms with E-state index in [9.17, 15) is 14.9 Å². The summed E-state index contributed by atoms with van der Waals surface area (Å²) in [6, 6.07) is 8.86. The number of carbonyl (C=O) groups is 1. The molecule has 0 spiro atoms. The number of methoxy groups -OCH3 is 1. The van der Waals surface area contributed by atoms with E-state index in [2.05, 4.69) is 5.32 Å². The lowest BCUT2D eigenvalue weighted by Crippen LogP contribution is -2.20. The predicted octanol–water partition coefficient (Wildman–Crippen LogP) is 2.35. The normalized spacial score (nSPS) is 11.7. The van der Waals surface area contributed by atoms with Crippen LogP contribution in [-0.2, 0) is 4.79 Å². The molecule has 1 N–H and O–H groups in total. The molecular formula is C16H14N2O7. The van der Waals surface area contributed by atoms with E-state index in [1.54, 1.807) is 18.2 Å². The zero-order chi connectivity index (χ0) is 17.8. The summed E-state index contributed by atoms with van der Waals surface area (Å²) in [6.45, 7) is -0.142. The number of anilines is 1. The zero-order valence-corrected chi connectivity index (χ0v) is 13.2. The molecule has 25 heavy (non-hydrogen) atoms. The van der Waals surface area contributed by atoms with E-state index in [-0.39, 0.29) is 24.8 Å². The fraction of sp³-hybridized carbons (Fsp3) is 0.188. The Morgan fingerprint density at radius 1 is 1.24 bits per heavy atom. The second-order valence-corrected chi connectivity index (χ2v) is 4.99. The molecule has 0 radical (unpaired) electrons. The third-order valence-electron chi connectivity index (χ3n) is 3.38. The highest BCUT2D eigenvalue weighted by atomic mass is 16.7. The molecule has 9 heteroatoms. The molecule has 1 aliphatic heterocycles. The summed E-state index contributed by atoms with van der Waals surface area (Å²) < 4.78 is 20.9. The first kappa shape index (κ1) is 16.4. The number of non-ortho nitro benzene ring substituents is 1. The Morgan fingerprint density at radius 3 is 2.80 bits per heavy atom. The molecule has 130 valence electrons. The summed E-state index contributed by atoms with van der Waals surface area (Å²) >= 11 is 0. The van der Waals surface area contributed by atoms with Gasteiger partial charge in [-0.1, -0.05) is 0 Å². The maximum Gasteiger partial charge on any atom is 0.271 e. The summed E-state index contributed by atoms with van der Waals surface area (Å²) in [5.41, 5.74) is 0.0313. The Morgan fingerprint density at radius 2 is 2.04 bits per heavy atom. The number of hydrogen-bond donors (Lipinski definition) is 1. The van der Waals surface area contributed by atoms with Crippen LogP contribution in [0.1, 0.15) is 0 Å². The molecule has 2 aromatic rings. The van der Waals surface area contributed by atoms with Crippen LogP contribution >= 0.6 is 0 Å². The summed E-state index contributed by atoms with van der Waals surface area (Å²) in [4.78, 5) is 22.3. The van der Waals surface area contributed by atoms with E-state index >= 15 is 0 Å². The van der Waals surface area contributed by atoms with Gasteiger partial charge < -0.3 is 24.3 Å². The molecule has 0 aromatic heterocycles. The quantitative estimate of drug-likeness (QED) is 0.631.